The predicted octanol–water partition coefficient (Wildman–Crippen LogP) is 8.69. The van der Waals surface area contributed by atoms with E-state index in [1.807, 2.05) is 66.7 Å². The molecule has 0 spiro atoms. The summed E-state index contributed by atoms with van der Waals surface area (Å²) >= 11 is 0. The number of phenolic OH excluding ortho intramolecular Hbond substituents is 1. The number of hydrogen-bond donors (Lipinski definition) is 1. The standard InChI is InChI=1S/C43H45O5P/c1-8-10-31-12-26-41(44)39(28-31)40-29-32(11-9-2)13-27-42(40)48-30-43(3,4)49(36-20-14-33(45-5)15-21-36,37-22-16-34(46-6)17-23-37)38-24-18-35(47-7)19-25-38/h8-9,12-29H,1-2,10-11,30H2,3-7H3/p+1. The van der Waals surface area contributed by atoms with Crippen LogP contribution >= 0.6 is 7.26 Å². The van der Waals surface area contributed by atoms with Gasteiger partial charge in [-0.05, 0) is 135 Å². The van der Waals surface area contributed by atoms with Crippen molar-refractivity contribution in [3.05, 3.63) is 146 Å². The van der Waals surface area contributed by atoms with E-state index in [4.69, 9.17) is 18.9 Å². The molecule has 49 heavy (non-hydrogen) atoms. The van der Waals surface area contributed by atoms with Crippen molar-refractivity contribution in [3.8, 4) is 39.9 Å². The van der Waals surface area contributed by atoms with Gasteiger partial charge in [-0.15, -0.1) is 13.2 Å². The van der Waals surface area contributed by atoms with Crippen LogP contribution in [-0.2, 0) is 12.8 Å². The molecule has 0 aliphatic carbocycles. The highest BCUT2D eigenvalue weighted by Crippen LogP contribution is 2.66. The highest BCUT2D eigenvalue weighted by molar-refractivity contribution is 7.96. The zero-order valence-electron chi connectivity index (χ0n) is 29.1. The average molecular weight is 674 g/mol. The molecule has 1 N–H and O–H groups in total. The van der Waals surface area contributed by atoms with Crippen molar-refractivity contribution in [2.75, 3.05) is 27.9 Å². The lowest BCUT2D eigenvalue weighted by atomic mass is 9.97. The van der Waals surface area contributed by atoms with E-state index in [9.17, 15) is 5.11 Å². The molecule has 6 heteroatoms. The Morgan fingerprint density at radius 3 is 1.41 bits per heavy atom. The van der Waals surface area contributed by atoms with Crippen LogP contribution < -0.4 is 34.9 Å². The molecule has 0 aliphatic rings. The lowest BCUT2D eigenvalue weighted by molar-refractivity contribution is 0.286. The van der Waals surface area contributed by atoms with E-state index in [0.717, 1.165) is 39.5 Å². The van der Waals surface area contributed by atoms with Gasteiger partial charge in [0.2, 0.25) is 0 Å². The van der Waals surface area contributed by atoms with Crippen LogP contribution in [0.3, 0.4) is 0 Å². The Labute approximate surface area is 291 Å². The molecule has 0 bridgehead atoms. The highest BCUT2D eigenvalue weighted by atomic mass is 31.2. The number of benzene rings is 5. The predicted molar refractivity (Wildman–Crippen MR) is 206 cm³/mol. The quantitative estimate of drug-likeness (QED) is 0.0891. The maximum Gasteiger partial charge on any atom is 0.128 e. The molecule has 0 aliphatic heterocycles. The average Bonchev–Trinajstić information content (AvgIpc) is 3.13. The van der Waals surface area contributed by atoms with Crippen LogP contribution in [0.1, 0.15) is 25.0 Å². The number of phenols is 1. The normalized spacial score (nSPS) is 11.4. The Balaban J connectivity index is 1.70. The van der Waals surface area contributed by atoms with Crippen molar-refractivity contribution in [2.24, 2.45) is 0 Å². The summed E-state index contributed by atoms with van der Waals surface area (Å²) in [5.41, 5.74) is 3.70. The van der Waals surface area contributed by atoms with Crippen molar-refractivity contribution in [1.82, 2.24) is 0 Å². The molecule has 0 unspecified atom stereocenters. The first kappa shape index (κ1) is 35.3. The van der Waals surface area contributed by atoms with E-state index in [1.165, 1.54) is 15.9 Å². The molecule has 5 aromatic carbocycles. The number of aromatic hydroxyl groups is 1. The van der Waals surface area contributed by atoms with Gasteiger partial charge < -0.3 is 24.1 Å². The second-order valence-corrected chi connectivity index (χ2v) is 16.6. The van der Waals surface area contributed by atoms with Gasteiger partial charge in [0, 0.05) is 11.1 Å². The second-order valence-electron chi connectivity index (χ2n) is 12.5. The Morgan fingerprint density at radius 2 is 1.00 bits per heavy atom. The SMILES string of the molecule is C=CCc1ccc(O)c(-c2cc(CC=C)ccc2OCC(C)(C)[P+](c2ccc(OC)cc2)(c2ccc(OC)cc2)c2ccc(OC)cc2)c1. The van der Waals surface area contributed by atoms with Gasteiger partial charge in [0.15, 0.2) is 0 Å². The summed E-state index contributed by atoms with van der Waals surface area (Å²) in [6, 6.07) is 37.1. The maximum absolute atomic E-state index is 11.1. The molecule has 0 radical (unpaired) electrons. The van der Waals surface area contributed by atoms with Crippen molar-refractivity contribution < 1.29 is 24.1 Å². The van der Waals surface area contributed by atoms with Crippen LogP contribution in [0.25, 0.3) is 11.1 Å². The van der Waals surface area contributed by atoms with E-state index >= 15 is 0 Å². The summed E-state index contributed by atoms with van der Waals surface area (Å²) < 4.78 is 23.7. The van der Waals surface area contributed by atoms with Gasteiger partial charge >= 0.3 is 0 Å². The highest BCUT2D eigenvalue weighted by Gasteiger charge is 2.58. The molecule has 0 fully saturated rings. The van der Waals surface area contributed by atoms with Crippen molar-refractivity contribution in [3.63, 3.8) is 0 Å². The van der Waals surface area contributed by atoms with Crippen LogP contribution in [0, 0.1) is 0 Å². The van der Waals surface area contributed by atoms with Crippen LogP contribution in [0.2, 0.25) is 0 Å². The lowest BCUT2D eigenvalue weighted by Crippen LogP contribution is -2.47. The third-order valence-corrected chi connectivity index (χ3v) is 14.2. The number of rotatable bonds is 15. The minimum atomic E-state index is -2.48. The maximum atomic E-state index is 11.1. The number of ether oxygens (including phenoxy) is 4. The first-order valence-corrected chi connectivity index (χ1v) is 18.1. The molecule has 0 saturated heterocycles. The summed E-state index contributed by atoms with van der Waals surface area (Å²) in [5, 5.41) is 14.2. The molecule has 0 aromatic heterocycles. The largest absolute Gasteiger partial charge is 0.507 e. The molecule has 0 saturated carbocycles. The fraction of sp³-hybridized carbons (Fsp3) is 0.209. The number of methoxy groups -OCH3 is 3. The molecule has 0 amide bonds. The minimum absolute atomic E-state index is 0.198. The Kier molecular flexibility index (Phi) is 11.2. The Morgan fingerprint density at radius 1 is 0.592 bits per heavy atom. The molecular weight excluding hydrogens is 627 g/mol. The molecule has 5 nitrogen and oxygen atoms in total. The summed E-state index contributed by atoms with van der Waals surface area (Å²) in [6.45, 7) is 12.8. The minimum Gasteiger partial charge on any atom is -0.507 e. The van der Waals surface area contributed by atoms with Crippen LogP contribution in [0.4, 0.5) is 0 Å². The van der Waals surface area contributed by atoms with Gasteiger partial charge in [0.05, 0.1) is 21.3 Å². The van der Waals surface area contributed by atoms with E-state index in [0.29, 0.717) is 25.2 Å². The third kappa shape index (κ3) is 7.23. The third-order valence-electron chi connectivity index (χ3n) is 9.02. The number of allylic oxidation sites excluding steroid dienone is 2. The molecule has 252 valence electrons. The number of hydrogen-bond acceptors (Lipinski definition) is 5. The van der Waals surface area contributed by atoms with E-state index in [-0.39, 0.29) is 5.75 Å². The van der Waals surface area contributed by atoms with Gasteiger partial charge in [-0.3, -0.25) is 0 Å². The molecule has 0 atom stereocenters. The monoisotopic (exact) mass is 673 g/mol. The van der Waals surface area contributed by atoms with Crippen molar-refractivity contribution in [1.29, 1.82) is 0 Å². The summed E-state index contributed by atoms with van der Waals surface area (Å²) in [4.78, 5) is 0. The van der Waals surface area contributed by atoms with Crippen LogP contribution in [-0.4, -0.2) is 38.2 Å². The molecule has 5 rings (SSSR count). The molecule has 5 aromatic rings. The first-order valence-electron chi connectivity index (χ1n) is 16.3. The second kappa shape index (κ2) is 15.5. The fourth-order valence-corrected chi connectivity index (χ4v) is 11.6. The van der Waals surface area contributed by atoms with E-state index in [1.54, 1.807) is 27.4 Å². The van der Waals surface area contributed by atoms with Gasteiger partial charge in [-0.2, -0.15) is 0 Å². The van der Waals surface area contributed by atoms with Crippen molar-refractivity contribution >= 4 is 23.2 Å². The summed E-state index contributed by atoms with van der Waals surface area (Å²) in [5.74, 6) is 3.28. The smallest absolute Gasteiger partial charge is 0.128 e. The Hall–Kier alpha value is -4.99. The first-order chi connectivity index (χ1) is 23.7. The summed E-state index contributed by atoms with van der Waals surface area (Å²) in [6.07, 6.45) is 5.15. The van der Waals surface area contributed by atoms with Gasteiger partial charge in [0.25, 0.3) is 0 Å². The summed E-state index contributed by atoms with van der Waals surface area (Å²) in [7, 11) is 2.57. The van der Waals surface area contributed by atoms with Gasteiger partial charge in [0.1, 0.15) is 63.7 Å². The van der Waals surface area contributed by atoms with Crippen molar-refractivity contribution in [2.45, 2.75) is 31.8 Å². The zero-order valence-corrected chi connectivity index (χ0v) is 30.0. The van der Waals surface area contributed by atoms with Crippen LogP contribution in [0.5, 0.6) is 28.7 Å². The topological polar surface area (TPSA) is 57.2 Å². The molecule has 0 heterocycles. The fourth-order valence-electron chi connectivity index (χ4n) is 6.56. The lowest BCUT2D eigenvalue weighted by Gasteiger charge is -2.40. The van der Waals surface area contributed by atoms with E-state index < -0.39 is 12.4 Å². The molecular formula is C43H46O5P+. The van der Waals surface area contributed by atoms with Gasteiger partial charge in [-0.1, -0.05) is 24.3 Å². The van der Waals surface area contributed by atoms with Gasteiger partial charge in [-0.25, -0.2) is 0 Å². The zero-order chi connectivity index (χ0) is 35.0. The Bertz CT molecular complexity index is 1760. The van der Waals surface area contributed by atoms with E-state index in [2.05, 4.69) is 75.5 Å². The van der Waals surface area contributed by atoms with Crippen LogP contribution in [0.15, 0.2) is 135 Å².